The number of anilines is 2. The predicted molar refractivity (Wildman–Crippen MR) is 141 cm³/mol. The minimum absolute atomic E-state index is 0.188. The van der Waals surface area contributed by atoms with Crippen LogP contribution in [0.3, 0.4) is 0 Å². The molecule has 7 heteroatoms. The van der Waals surface area contributed by atoms with Crippen LogP contribution in [0, 0.1) is 6.92 Å². The molecule has 0 amide bonds. The van der Waals surface area contributed by atoms with Gasteiger partial charge in [0.2, 0.25) is 0 Å². The lowest BCUT2D eigenvalue weighted by Crippen LogP contribution is -2.08. The van der Waals surface area contributed by atoms with Gasteiger partial charge in [-0.05, 0) is 85.8 Å². The zero-order chi connectivity index (χ0) is 25.2. The first-order chi connectivity index (χ1) is 17.4. The van der Waals surface area contributed by atoms with Crippen molar-refractivity contribution in [2.24, 2.45) is 0 Å². The molecule has 0 saturated heterocycles. The highest BCUT2D eigenvalue weighted by molar-refractivity contribution is 5.87. The molecule has 5 rings (SSSR count). The molecule has 1 aromatic heterocycles. The first-order valence-electron chi connectivity index (χ1n) is 11.2. The van der Waals surface area contributed by atoms with Crippen LogP contribution >= 0.6 is 0 Å². The lowest BCUT2D eigenvalue weighted by molar-refractivity contribution is 0.415. The second-order valence-electron chi connectivity index (χ2n) is 8.25. The Morgan fingerprint density at radius 3 is 1.83 bits per heavy atom. The first kappa shape index (κ1) is 22.9. The molecule has 36 heavy (non-hydrogen) atoms. The summed E-state index contributed by atoms with van der Waals surface area (Å²) in [4.78, 5) is 13.5. The molecule has 180 valence electrons. The molecule has 0 radical (unpaired) electrons. The monoisotopic (exact) mass is 480 g/mol. The zero-order valence-electron chi connectivity index (χ0n) is 19.8. The SMILES string of the molecule is COc1ccc(-c2oc3c(Oc4ccc(N)cc4)cc(Oc4ccc(N)cc4)cc3c(=O)c2C)cc1. The number of hydrogen-bond acceptors (Lipinski definition) is 7. The van der Waals surface area contributed by atoms with Crippen molar-refractivity contribution < 1.29 is 18.6 Å². The summed E-state index contributed by atoms with van der Waals surface area (Å²) in [6.45, 7) is 1.73. The molecule has 5 aromatic rings. The number of nitrogen functional groups attached to an aromatic ring is 2. The fourth-order valence-corrected chi connectivity index (χ4v) is 3.82. The van der Waals surface area contributed by atoms with Crippen molar-refractivity contribution in [3.8, 4) is 40.1 Å². The first-order valence-corrected chi connectivity index (χ1v) is 11.2. The second-order valence-corrected chi connectivity index (χ2v) is 8.25. The Balaban J connectivity index is 1.67. The van der Waals surface area contributed by atoms with Crippen LogP contribution in [-0.4, -0.2) is 7.11 Å². The highest BCUT2D eigenvalue weighted by Gasteiger charge is 2.19. The number of ether oxygens (including phenoxy) is 3. The minimum Gasteiger partial charge on any atom is -0.497 e. The number of benzene rings is 4. The molecule has 0 unspecified atom stereocenters. The number of methoxy groups -OCH3 is 1. The van der Waals surface area contributed by atoms with Gasteiger partial charge in [-0.3, -0.25) is 4.79 Å². The highest BCUT2D eigenvalue weighted by Crippen LogP contribution is 2.38. The van der Waals surface area contributed by atoms with Gasteiger partial charge in [0.05, 0.1) is 12.5 Å². The van der Waals surface area contributed by atoms with Gasteiger partial charge >= 0.3 is 0 Å². The van der Waals surface area contributed by atoms with Crippen molar-refractivity contribution in [2.75, 3.05) is 18.6 Å². The van der Waals surface area contributed by atoms with Crippen molar-refractivity contribution in [3.63, 3.8) is 0 Å². The maximum Gasteiger partial charge on any atom is 0.196 e. The molecule has 0 atom stereocenters. The van der Waals surface area contributed by atoms with Crippen molar-refractivity contribution in [3.05, 3.63) is 101 Å². The summed E-state index contributed by atoms with van der Waals surface area (Å²) in [5, 5.41) is 0.336. The third kappa shape index (κ3) is 4.54. The summed E-state index contributed by atoms with van der Waals surface area (Å²) in [5.41, 5.74) is 14.2. The van der Waals surface area contributed by atoms with E-state index in [9.17, 15) is 4.79 Å². The standard InChI is InChI=1S/C29H24N2O5/c1-17-27(32)25-15-24(34-22-11-5-19(30)6-12-22)16-26(35-23-13-7-20(31)8-14-23)29(25)36-28(17)18-3-9-21(33-2)10-4-18/h3-16H,30-31H2,1-2H3. The quantitative estimate of drug-likeness (QED) is 0.266. The Hall–Kier alpha value is -4.91. The van der Waals surface area contributed by atoms with E-state index in [1.807, 2.05) is 24.3 Å². The van der Waals surface area contributed by atoms with E-state index in [4.69, 9.17) is 30.1 Å². The number of hydrogen-bond donors (Lipinski definition) is 2. The Labute approximate surface area is 207 Å². The van der Waals surface area contributed by atoms with E-state index in [1.54, 1.807) is 74.7 Å². The van der Waals surface area contributed by atoms with E-state index in [2.05, 4.69) is 0 Å². The fraction of sp³-hybridized carbons (Fsp3) is 0.0690. The van der Waals surface area contributed by atoms with E-state index in [0.717, 1.165) is 5.56 Å². The predicted octanol–water partition coefficient (Wildman–Crippen LogP) is 6.53. The number of nitrogens with two attached hydrogens (primary N) is 2. The second kappa shape index (κ2) is 9.38. The molecular weight excluding hydrogens is 456 g/mol. The van der Waals surface area contributed by atoms with Crippen LogP contribution in [0.5, 0.6) is 28.7 Å². The maximum absolute atomic E-state index is 13.5. The van der Waals surface area contributed by atoms with Gasteiger partial charge in [-0.25, -0.2) is 0 Å². The summed E-state index contributed by atoms with van der Waals surface area (Å²) < 4.78 is 23.8. The molecule has 0 aliphatic rings. The smallest absolute Gasteiger partial charge is 0.196 e. The van der Waals surface area contributed by atoms with Crippen molar-refractivity contribution in [1.82, 2.24) is 0 Å². The van der Waals surface area contributed by atoms with Crippen LogP contribution in [0.4, 0.5) is 11.4 Å². The van der Waals surface area contributed by atoms with Gasteiger partial charge in [0.15, 0.2) is 16.8 Å². The van der Waals surface area contributed by atoms with Gasteiger partial charge in [0.1, 0.15) is 28.8 Å². The lowest BCUT2D eigenvalue weighted by atomic mass is 10.1. The summed E-state index contributed by atoms with van der Waals surface area (Å²) in [5.74, 6) is 3.00. The fourth-order valence-electron chi connectivity index (χ4n) is 3.82. The number of fused-ring (bicyclic) bond motifs is 1. The van der Waals surface area contributed by atoms with Crippen molar-refractivity contribution >= 4 is 22.3 Å². The summed E-state index contributed by atoms with van der Waals surface area (Å²) >= 11 is 0. The third-order valence-electron chi connectivity index (χ3n) is 5.73. The summed E-state index contributed by atoms with van der Waals surface area (Å²) in [6.07, 6.45) is 0. The Morgan fingerprint density at radius 2 is 1.25 bits per heavy atom. The van der Waals surface area contributed by atoms with Crippen LogP contribution in [0.2, 0.25) is 0 Å². The average molecular weight is 481 g/mol. The van der Waals surface area contributed by atoms with Crippen LogP contribution in [0.15, 0.2) is 94.1 Å². The Bertz CT molecular complexity index is 1590. The lowest BCUT2D eigenvalue weighted by Gasteiger charge is -2.14. The van der Waals surface area contributed by atoms with Crippen molar-refractivity contribution in [2.45, 2.75) is 6.92 Å². The van der Waals surface area contributed by atoms with Crippen LogP contribution in [-0.2, 0) is 0 Å². The molecular formula is C29H24N2O5. The zero-order valence-corrected chi connectivity index (χ0v) is 19.8. The number of rotatable bonds is 6. The summed E-state index contributed by atoms with van der Waals surface area (Å²) in [7, 11) is 1.60. The normalized spacial score (nSPS) is 10.8. The van der Waals surface area contributed by atoms with Gasteiger partial charge in [-0.2, -0.15) is 0 Å². The van der Waals surface area contributed by atoms with Gasteiger partial charge in [0.25, 0.3) is 0 Å². The van der Waals surface area contributed by atoms with Gasteiger partial charge in [0, 0.05) is 28.6 Å². The largest absolute Gasteiger partial charge is 0.497 e. The highest BCUT2D eigenvalue weighted by atomic mass is 16.5. The molecule has 0 aliphatic heterocycles. The Kier molecular flexibility index (Phi) is 5.96. The molecule has 0 saturated carbocycles. The molecule has 0 aliphatic carbocycles. The van der Waals surface area contributed by atoms with Gasteiger partial charge in [-0.15, -0.1) is 0 Å². The van der Waals surface area contributed by atoms with Gasteiger partial charge in [-0.1, -0.05) is 0 Å². The van der Waals surface area contributed by atoms with Crippen LogP contribution in [0.1, 0.15) is 5.56 Å². The van der Waals surface area contributed by atoms with Crippen molar-refractivity contribution in [1.29, 1.82) is 0 Å². The van der Waals surface area contributed by atoms with Crippen LogP contribution in [0.25, 0.3) is 22.3 Å². The molecule has 4 aromatic carbocycles. The molecule has 4 N–H and O–H groups in total. The van der Waals surface area contributed by atoms with E-state index in [1.165, 1.54) is 0 Å². The van der Waals surface area contributed by atoms with Gasteiger partial charge < -0.3 is 30.1 Å². The van der Waals surface area contributed by atoms with E-state index in [0.29, 0.717) is 62.4 Å². The maximum atomic E-state index is 13.5. The van der Waals surface area contributed by atoms with Crippen LogP contribution < -0.4 is 31.1 Å². The molecule has 0 bridgehead atoms. The molecule has 1 heterocycles. The van der Waals surface area contributed by atoms with E-state index in [-0.39, 0.29) is 5.43 Å². The topological polar surface area (TPSA) is 110 Å². The minimum atomic E-state index is -0.188. The van der Waals surface area contributed by atoms with E-state index < -0.39 is 0 Å². The molecule has 0 spiro atoms. The average Bonchev–Trinajstić information content (AvgIpc) is 2.89. The molecule has 0 fully saturated rings. The third-order valence-corrected chi connectivity index (χ3v) is 5.73. The molecule has 7 nitrogen and oxygen atoms in total. The Morgan fingerprint density at radius 1 is 0.694 bits per heavy atom. The summed E-state index contributed by atoms with van der Waals surface area (Å²) in [6, 6.07) is 24.6. The van der Waals surface area contributed by atoms with E-state index >= 15 is 0 Å².